The number of benzene rings is 1. The molecule has 13 heavy (non-hydrogen) atoms. The van der Waals surface area contributed by atoms with Crippen molar-refractivity contribution in [2.45, 2.75) is 11.8 Å². The van der Waals surface area contributed by atoms with Gasteiger partial charge in [0.25, 0.3) is 10.1 Å². The van der Waals surface area contributed by atoms with Gasteiger partial charge in [0.1, 0.15) is 0 Å². The van der Waals surface area contributed by atoms with Gasteiger partial charge in [-0.1, -0.05) is 17.7 Å². The van der Waals surface area contributed by atoms with Crippen LogP contribution < -0.4 is 0 Å². The van der Waals surface area contributed by atoms with Crippen LogP contribution in [-0.2, 0) is 14.3 Å². The van der Waals surface area contributed by atoms with E-state index in [0.29, 0.717) is 0 Å². The fourth-order valence-corrected chi connectivity index (χ4v) is 1.46. The van der Waals surface area contributed by atoms with E-state index in [4.69, 9.17) is 0 Å². The second-order valence-electron chi connectivity index (χ2n) is 2.43. The van der Waals surface area contributed by atoms with Crippen molar-refractivity contribution in [3.05, 3.63) is 29.8 Å². The third kappa shape index (κ3) is 3.56. The summed E-state index contributed by atoms with van der Waals surface area (Å²) in [5.41, 5.74) is 1.02. The molecule has 70 valence electrons. The monoisotopic (exact) mass is 228 g/mol. The van der Waals surface area contributed by atoms with Crippen LogP contribution in [0.3, 0.4) is 0 Å². The topological polar surface area (TPSA) is 43.4 Å². The summed E-state index contributed by atoms with van der Waals surface area (Å²) in [6.07, 6.45) is 0. The van der Waals surface area contributed by atoms with Gasteiger partial charge in [0, 0.05) is 0 Å². The van der Waals surface area contributed by atoms with Crippen LogP contribution in [0.2, 0.25) is 0 Å². The molecule has 0 saturated carbocycles. The van der Waals surface area contributed by atoms with Gasteiger partial charge in [-0.25, -0.2) is 0 Å². The maximum atomic E-state index is 11.1. The predicted octanol–water partition coefficient (Wildman–Crippen LogP) is 0.414. The summed E-state index contributed by atoms with van der Waals surface area (Å²) < 4.78 is 26.5. The van der Waals surface area contributed by atoms with Crippen LogP contribution in [-0.4, -0.2) is 53.3 Å². The van der Waals surface area contributed by atoms with Gasteiger partial charge in [-0.15, -0.1) is 0 Å². The van der Waals surface area contributed by atoms with Crippen LogP contribution in [0.5, 0.6) is 0 Å². The van der Waals surface area contributed by atoms with Crippen molar-refractivity contribution in [3.8, 4) is 0 Å². The molecule has 0 aliphatic heterocycles. The molecular formula is C8H12CaO3S. The number of rotatable bonds is 2. The van der Waals surface area contributed by atoms with Crippen LogP contribution in [0.25, 0.3) is 0 Å². The third-order valence-electron chi connectivity index (χ3n) is 1.53. The Morgan fingerprint density at radius 2 is 1.62 bits per heavy atom. The van der Waals surface area contributed by atoms with Crippen LogP contribution >= 0.6 is 0 Å². The van der Waals surface area contributed by atoms with Crippen molar-refractivity contribution in [3.63, 3.8) is 0 Å². The molecule has 1 aromatic carbocycles. The van der Waals surface area contributed by atoms with Crippen molar-refractivity contribution < 1.29 is 12.6 Å². The fraction of sp³-hybridized carbons (Fsp3) is 0.250. The molecule has 0 unspecified atom stereocenters. The average molecular weight is 228 g/mol. The van der Waals surface area contributed by atoms with Crippen molar-refractivity contribution in [1.82, 2.24) is 0 Å². The molecule has 3 nitrogen and oxygen atoms in total. The van der Waals surface area contributed by atoms with Gasteiger partial charge in [-0.05, 0) is 19.1 Å². The standard InChI is InChI=1S/C8H10O3S.Ca.2H/c1-7-3-5-8(6-4-7)12(9,10)11-2;;;/h3-6H,1-2H3;;;. The van der Waals surface area contributed by atoms with Crippen molar-refractivity contribution in [2.75, 3.05) is 7.11 Å². The molecule has 0 aliphatic rings. The number of hydrogen-bond donors (Lipinski definition) is 0. The van der Waals surface area contributed by atoms with E-state index in [2.05, 4.69) is 4.18 Å². The second kappa shape index (κ2) is 5.32. The zero-order valence-electron chi connectivity index (χ0n) is 6.94. The quantitative estimate of drug-likeness (QED) is 0.544. The molecule has 0 radical (unpaired) electrons. The van der Waals surface area contributed by atoms with Crippen LogP contribution in [0.4, 0.5) is 0 Å². The zero-order valence-corrected chi connectivity index (χ0v) is 7.76. The first-order valence-electron chi connectivity index (χ1n) is 3.43. The Morgan fingerprint density at radius 3 is 2.00 bits per heavy atom. The molecule has 0 heterocycles. The van der Waals surface area contributed by atoms with E-state index < -0.39 is 10.1 Å². The Morgan fingerprint density at radius 1 is 1.15 bits per heavy atom. The molecule has 1 rings (SSSR count). The Balaban J connectivity index is 0.00000144. The number of hydrogen-bond acceptors (Lipinski definition) is 3. The maximum absolute atomic E-state index is 11.1. The summed E-state index contributed by atoms with van der Waals surface area (Å²) in [7, 11) is -2.37. The molecule has 0 saturated heterocycles. The summed E-state index contributed by atoms with van der Waals surface area (Å²) >= 11 is 0. The Bertz CT molecular complexity index is 355. The summed E-state index contributed by atoms with van der Waals surface area (Å²) in [4.78, 5) is 0.190. The van der Waals surface area contributed by atoms with Gasteiger partial charge >= 0.3 is 37.7 Å². The van der Waals surface area contributed by atoms with Crippen molar-refractivity contribution >= 4 is 47.9 Å². The molecule has 0 N–H and O–H groups in total. The van der Waals surface area contributed by atoms with E-state index in [1.807, 2.05) is 6.92 Å². The van der Waals surface area contributed by atoms with Crippen molar-refractivity contribution in [2.24, 2.45) is 0 Å². The molecule has 0 aromatic heterocycles. The molecular weight excluding hydrogens is 216 g/mol. The fourth-order valence-electron chi connectivity index (χ4n) is 0.801. The first-order chi connectivity index (χ1) is 5.56. The molecule has 5 heteroatoms. The minimum absolute atomic E-state index is 0. The summed E-state index contributed by atoms with van der Waals surface area (Å²) in [5, 5.41) is 0. The van der Waals surface area contributed by atoms with E-state index in [1.165, 1.54) is 12.1 Å². The van der Waals surface area contributed by atoms with Crippen molar-refractivity contribution in [1.29, 1.82) is 0 Å². The van der Waals surface area contributed by atoms with Gasteiger partial charge in [0.15, 0.2) is 0 Å². The van der Waals surface area contributed by atoms with Crippen LogP contribution in [0, 0.1) is 6.92 Å². The molecule has 0 spiro atoms. The average Bonchev–Trinajstić information content (AvgIpc) is 2.05. The number of aryl methyl sites for hydroxylation is 1. The van der Waals surface area contributed by atoms with E-state index >= 15 is 0 Å². The summed E-state index contributed by atoms with van der Waals surface area (Å²) in [6.45, 7) is 1.89. The van der Waals surface area contributed by atoms with E-state index in [1.54, 1.807) is 12.1 Å². The van der Waals surface area contributed by atoms with E-state index in [0.717, 1.165) is 12.7 Å². The van der Waals surface area contributed by atoms with Gasteiger partial charge in [0.05, 0.1) is 12.0 Å². The first kappa shape index (κ1) is 13.4. The SMILES string of the molecule is COS(=O)(=O)c1ccc(C)cc1.[CaH2]. The molecule has 0 amide bonds. The van der Waals surface area contributed by atoms with Gasteiger partial charge < -0.3 is 0 Å². The molecule has 0 atom stereocenters. The Labute approximate surface area is 108 Å². The van der Waals surface area contributed by atoms with E-state index in [9.17, 15) is 8.42 Å². The molecule has 0 bridgehead atoms. The Kier molecular flexibility index (Phi) is 5.47. The molecule has 0 fully saturated rings. The summed E-state index contributed by atoms with van der Waals surface area (Å²) in [6, 6.07) is 6.50. The normalized spacial score (nSPS) is 10.6. The zero-order chi connectivity index (χ0) is 9.19. The van der Waals surface area contributed by atoms with Gasteiger partial charge in [0.2, 0.25) is 0 Å². The van der Waals surface area contributed by atoms with Crippen LogP contribution in [0.15, 0.2) is 29.2 Å². The minimum atomic E-state index is -3.51. The Hall–Kier alpha value is 0.390. The predicted molar refractivity (Wildman–Crippen MR) is 53.9 cm³/mol. The molecule has 0 aliphatic carbocycles. The van der Waals surface area contributed by atoms with Gasteiger partial charge in [-0.3, -0.25) is 4.18 Å². The van der Waals surface area contributed by atoms with Gasteiger partial charge in [-0.2, -0.15) is 8.42 Å². The summed E-state index contributed by atoms with van der Waals surface area (Å²) in [5.74, 6) is 0. The molecule has 1 aromatic rings. The third-order valence-corrected chi connectivity index (χ3v) is 2.82. The van der Waals surface area contributed by atoms with E-state index in [-0.39, 0.29) is 42.6 Å². The van der Waals surface area contributed by atoms with Crippen LogP contribution in [0.1, 0.15) is 5.56 Å². The second-order valence-corrected chi connectivity index (χ2v) is 4.15. The first-order valence-corrected chi connectivity index (χ1v) is 4.84.